The number of tetrazole rings is 1. The van der Waals surface area contributed by atoms with E-state index >= 15 is 0 Å². The normalized spacial score (nSPS) is 21.9. The molecule has 264 valence electrons. The predicted molar refractivity (Wildman–Crippen MR) is 190 cm³/mol. The third-order valence-electron chi connectivity index (χ3n) is 9.05. The quantitative estimate of drug-likeness (QED) is 0.159. The van der Waals surface area contributed by atoms with E-state index in [0.717, 1.165) is 65.5 Å². The Labute approximate surface area is 300 Å². The van der Waals surface area contributed by atoms with Crippen molar-refractivity contribution in [2.24, 2.45) is 0 Å². The summed E-state index contributed by atoms with van der Waals surface area (Å²) >= 11 is 8.09. The predicted octanol–water partition coefficient (Wildman–Crippen LogP) is 6.13. The van der Waals surface area contributed by atoms with Crippen molar-refractivity contribution in [1.82, 2.24) is 49.8 Å². The summed E-state index contributed by atoms with van der Waals surface area (Å²) in [6.45, 7) is 11.1. The highest BCUT2D eigenvalue weighted by Crippen LogP contribution is 2.36. The van der Waals surface area contributed by atoms with E-state index in [1.807, 2.05) is 38.4 Å². The molecular weight excluding hydrogens is 678 g/mol. The summed E-state index contributed by atoms with van der Waals surface area (Å²) in [5.74, 6) is 1.50. The Morgan fingerprint density at radius 2 is 1.78 bits per heavy atom. The van der Waals surface area contributed by atoms with Gasteiger partial charge in [0.05, 0.1) is 45.9 Å². The molecule has 7 rings (SSSR count). The van der Waals surface area contributed by atoms with Crippen LogP contribution >= 0.6 is 22.9 Å². The van der Waals surface area contributed by atoms with Crippen LogP contribution in [0.1, 0.15) is 62.4 Å². The van der Waals surface area contributed by atoms with Crippen LogP contribution in [0.4, 0.5) is 11.6 Å². The molecule has 2 fully saturated rings. The number of aryl methyl sites for hydroxylation is 1. The molecule has 1 saturated heterocycles. The molecule has 1 saturated carbocycles. The molecule has 3 atom stereocenters. The van der Waals surface area contributed by atoms with Gasteiger partial charge in [-0.2, -0.15) is 0 Å². The molecule has 1 aromatic carbocycles. The van der Waals surface area contributed by atoms with Gasteiger partial charge in [-0.15, -0.1) is 21.5 Å². The number of rotatable bonds is 12. The number of nitrogens with zero attached hydrogens (tertiary/aromatic N) is 10. The SMILES string of the molecule is Cc1ncc(COc2nn([C@H]3CC[C@H](N4C[C@@H](C)O[C@@H](C)C4)CC3)cc2Nc2ncc(-c3ccc(Cl)c(O[C@@H](C)Cn4cnnn4)c3)cn2)s1. The molecule has 0 spiro atoms. The van der Waals surface area contributed by atoms with E-state index in [0.29, 0.717) is 41.8 Å². The Hall–Kier alpha value is -4.18. The Morgan fingerprint density at radius 3 is 2.48 bits per heavy atom. The van der Waals surface area contributed by atoms with Gasteiger partial charge in [-0.25, -0.2) is 19.6 Å². The first-order chi connectivity index (χ1) is 24.3. The number of hydrogen-bond acceptors (Lipinski definition) is 13. The van der Waals surface area contributed by atoms with Crippen LogP contribution in [0.25, 0.3) is 11.1 Å². The van der Waals surface area contributed by atoms with Gasteiger partial charge in [-0.3, -0.25) is 9.58 Å². The molecule has 2 aliphatic rings. The van der Waals surface area contributed by atoms with Crippen molar-refractivity contribution in [2.45, 2.75) is 96.9 Å². The summed E-state index contributed by atoms with van der Waals surface area (Å²) < 4.78 is 22.0. The highest BCUT2D eigenvalue weighted by molar-refractivity contribution is 7.11. The maximum atomic E-state index is 6.47. The highest BCUT2D eigenvalue weighted by Gasteiger charge is 2.32. The molecule has 0 amide bonds. The number of halogens is 1. The van der Waals surface area contributed by atoms with E-state index in [9.17, 15) is 0 Å². The molecule has 1 aliphatic carbocycles. The number of aromatic nitrogens is 9. The zero-order valence-electron chi connectivity index (χ0n) is 28.6. The topological polar surface area (TPSA) is 143 Å². The molecular formula is C34H42ClN11O3S. The van der Waals surface area contributed by atoms with E-state index in [2.05, 4.69) is 59.2 Å². The molecule has 0 bridgehead atoms. The van der Waals surface area contributed by atoms with Crippen molar-refractivity contribution in [3.63, 3.8) is 0 Å². The summed E-state index contributed by atoms with van der Waals surface area (Å²) in [6, 6.07) is 6.47. The second-order valence-electron chi connectivity index (χ2n) is 13.2. The highest BCUT2D eigenvalue weighted by atomic mass is 35.5. The number of morpholine rings is 1. The first-order valence-corrected chi connectivity index (χ1v) is 18.2. The van der Waals surface area contributed by atoms with Crippen LogP contribution < -0.4 is 14.8 Å². The van der Waals surface area contributed by atoms with Crippen LogP contribution in [-0.4, -0.2) is 87.3 Å². The fraction of sp³-hybridized carbons (Fsp3) is 0.500. The van der Waals surface area contributed by atoms with Crippen LogP contribution in [0.15, 0.2) is 49.3 Å². The summed E-state index contributed by atoms with van der Waals surface area (Å²) in [6.07, 6.45) is 13.7. The van der Waals surface area contributed by atoms with Crippen molar-refractivity contribution in [3.05, 3.63) is 64.2 Å². The van der Waals surface area contributed by atoms with Crippen molar-refractivity contribution in [3.8, 4) is 22.8 Å². The standard InChI is InChI=1S/C34H42ClN11O3S/c1-21-15-44(16-22(2)48-21)27-6-8-28(9-7-27)46-18-31(33(41-46)47-19-29-14-36-24(4)50-29)40-34-37-12-26(13-38-34)25-5-10-30(35)32(11-25)49-23(3)17-45-20-39-42-43-45/h5,10-14,18,20-23,27-28H,6-9,15-17,19H2,1-4H3,(H,37,38,40)/t21-,22+,23-,27-,28-/m0/s1. The summed E-state index contributed by atoms with van der Waals surface area (Å²) in [7, 11) is 0. The first kappa shape index (κ1) is 34.3. The average Bonchev–Trinajstić information content (AvgIpc) is 3.87. The summed E-state index contributed by atoms with van der Waals surface area (Å²) in [5.41, 5.74) is 2.41. The van der Waals surface area contributed by atoms with Crippen LogP contribution in [0.2, 0.25) is 5.02 Å². The van der Waals surface area contributed by atoms with Gasteiger partial charge in [0.2, 0.25) is 5.95 Å². The Morgan fingerprint density at radius 1 is 1.02 bits per heavy atom. The third-order valence-corrected chi connectivity index (χ3v) is 10.2. The Kier molecular flexibility index (Phi) is 10.5. The van der Waals surface area contributed by atoms with E-state index in [1.54, 1.807) is 40.8 Å². The number of hydrogen-bond donors (Lipinski definition) is 1. The van der Waals surface area contributed by atoms with Gasteiger partial charge >= 0.3 is 0 Å². The van der Waals surface area contributed by atoms with E-state index in [4.69, 9.17) is 30.9 Å². The second kappa shape index (κ2) is 15.4. The third kappa shape index (κ3) is 8.40. The maximum Gasteiger partial charge on any atom is 0.257 e. The smallest absolute Gasteiger partial charge is 0.257 e. The van der Waals surface area contributed by atoms with Crippen molar-refractivity contribution in [2.75, 3.05) is 18.4 Å². The number of nitrogens with one attached hydrogen (secondary N) is 1. The lowest BCUT2D eigenvalue weighted by molar-refractivity contribution is -0.0852. The molecule has 4 aromatic heterocycles. The minimum absolute atomic E-state index is 0.209. The lowest BCUT2D eigenvalue weighted by Crippen LogP contribution is -2.51. The average molecular weight is 720 g/mol. The Balaban J connectivity index is 1.04. The number of thiazole rings is 1. The molecule has 0 radical (unpaired) electrons. The lowest BCUT2D eigenvalue weighted by atomic mass is 9.89. The van der Waals surface area contributed by atoms with Crippen LogP contribution in [-0.2, 0) is 17.9 Å². The zero-order valence-corrected chi connectivity index (χ0v) is 30.2. The molecule has 5 aromatic rings. The Bertz CT molecular complexity index is 1830. The van der Waals surface area contributed by atoms with Gasteiger partial charge in [0.15, 0.2) is 0 Å². The van der Waals surface area contributed by atoms with Gasteiger partial charge in [0.1, 0.15) is 30.5 Å². The maximum absolute atomic E-state index is 6.47. The van der Waals surface area contributed by atoms with E-state index < -0.39 is 0 Å². The summed E-state index contributed by atoms with van der Waals surface area (Å²) in [4.78, 5) is 17.3. The van der Waals surface area contributed by atoms with Crippen LogP contribution in [0.5, 0.6) is 11.6 Å². The van der Waals surface area contributed by atoms with Crippen molar-refractivity contribution >= 4 is 34.6 Å². The molecule has 14 nitrogen and oxygen atoms in total. The van der Waals surface area contributed by atoms with Gasteiger partial charge in [-0.1, -0.05) is 17.7 Å². The van der Waals surface area contributed by atoms with E-state index in [1.165, 1.54) is 0 Å². The zero-order chi connectivity index (χ0) is 34.6. The number of ether oxygens (including phenoxy) is 3. The molecule has 1 N–H and O–H groups in total. The molecule has 16 heteroatoms. The fourth-order valence-corrected chi connectivity index (χ4v) is 7.66. The monoisotopic (exact) mass is 719 g/mol. The minimum Gasteiger partial charge on any atom is -0.487 e. The van der Waals surface area contributed by atoms with Crippen molar-refractivity contribution < 1.29 is 14.2 Å². The van der Waals surface area contributed by atoms with Gasteiger partial charge in [-0.05, 0) is 81.5 Å². The largest absolute Gasteiger partial charge is 0.487 e. The first-order valence-electron chi connectivity index (χ1n) is 17.0. The fourth-order valence-electron chi connectivity index (χ4n) is 6.79. The summed E-state index contributed by atoms with van der Waals surface area (Å²) in [5, 5.41) is 21.0. The van der Waals surface area contributed by atoms with Crippen LogP contribution in [0, 0.1) is 6.92 Å². The van der Waals surface area contributed by atoms with Gasteiger partial charge in [0.25, 0.3) is 5.88 Å². The van der Waals surface area contributed by atoms with Crippen LogP contribution in [0.3, 0.4) is 0 Å². The molecule has 5 heterocycles. The minimum atomic E-state index is -0.209. The van der Waals surface area contributed by atoms with Gasteiger partial charge < -0.3 is 19.5 Å². The molecule has 1 aliphatic heterocycles. The number of benzene rings is 1. The van der Waals surface area contributed by atoms with Crippen molar-refractivity contribution in [1.29, 1.82) is 0 Å². The molecule has 50 heavy (non-hydrogen) atoms. The number of anilines is 2. The lowest BCUT2D eigenvalue weighted by Gasteiger charge is -2.42. The van der Waals surface area contributed by atoms with E-state index in [-0.39, 0.29) is 24.4 Å². The molecule has 0 unspecified atom stereocenters. The second-order valence-corrected chi connectivity index (χ2v) is 14.9. The van der Waals surface area contributed by atoms with Gasteiger partial charge in [0, 0.05) is 43.3 Å².